The van der Waals surface area contributed by atoms with E-state index in [4.69, 9.17) is 9.47 Å². The molecule has 4 rings (SSSR count). The first-order chi connectivity index (χ1) is 14.3. The molecule has 1 aliphatic heterocycles. The van der Waals surface area contributed by atoms with Gasteiger partial charge in [0.05, 0.1) is 7.11 Å². The van der Waals surface area contributed by atoms with E-state index in [2.05, 4.69) is 20.2 Å². The Hall–Kier alpha value is -3.12. The van der Waals surface area contributed by atoms with E-state index in [0.717, 1.165) is 41.5 Å². The first kappa shape index (κ1) is 19.2. The molecule has 0 aliphatic carbocycles. The number of rotatable bonds is 8. The number of methoxy groups -OCH3 is 1. The van der Waals surface area contributed by atoms with E-state index in [0.29, 0.717) is 5.95 Å². The minimum absolute atomic E-state index is 0.560. The topological polar surface area (TPSA) is 59.5 Å². The van der Waals surface area contributed by atoms with Gasteiger partial charge in [0, 0.05) is 30.2 Å². The summed E-state index contributed by atoms with van der Waals surface area (Å²) in [5.41, 5.74) is 2.93. The van der Waals surface area contributed by atoms with Crippen molar-refractivity contribution in [1.29, 1.82) is 0 Å². The number of likely N-dealkylation sites (tertiary alicyclic amines) is 1. The Morgan fingerprint density at radius 2 is 1.52 bits per heavy atom. The van der Waals surface area contributed by atoms with Crippen molar-refractivity contribution in [3.05, 3.63) is 60.9 Å². The van der Waals surface area contributed by atoms with Gasteiger partial charge in [0.2, 0.25) is 5.95 Å². The number of anilines is 2. The Morgan fingerprint density at radius 1 is 0.862 bits per heavy atom. The molecule has 1 N–H and O–H groups in total. The van der Waals surface area contributed by atoms with Crippen LogP contribution in [0.15, 0.2) is 60.9 Å². The normalized spacial score (nSPS) is 14.0. The Kier molecular flexibility index (Phi) is 6.22. The van der Waals surface area contributed by atoms with Crippen LogP contribution >= 0.6 is 0 Å². The maximum Gasteiger partial charge on any atom is 0.227 e. The molecule has 1 aliphatic rings. The lowest BCUT2D eigenvalue weighted by Gasteiger charge is -2.15. The quantitative estimate of drug-likeness (QED) is 0.616. The number of ether oxygens (including phenoxy) is 2. The SMILES string of the molecule is COc1ccc(-c2cnc(Nc3ccc(OCCN4CCCC4)cc3)nc2)cc1. The zero-order chi connectivity index (χ0) is 19.9. The highest BCUT2D eigenvalue weighted by atomic mass is 16.5. The number of nitrogens with zero attached hydrogens (tertiary/aromatic N) is 3. The third-order valence-electron chi connectivity index (χ3n) is 5.06. The average Bonchev–Trinajstić information content (AvgIpc) is 3.29. The molecule has 1 saturated heterocycles. The lowest BCUT2D eigenvalue weighted by atomic mass is 10.1. The van der Waals surface area contributed by atoms with E-state index in [9.17, 15) is 0 Å². The number of hydrogen-bond acceptors (Lipinski definition) is 6. The highest BCUT2D eigenvalue weighted by Gasteiger charge is 2.10. The van der Waals surface area contributed by atoms with Gasteiger partial charge in [-0.25, -0.2) is 9.97 Å². The molecule has 0 radical (unpaired) electrons. The number of hydrogen-bond donors (Lipinski definition) is 1. The van der Waals surface area contributed by atoms with Crippen LogP contribution in [-0.4, -0.2) is 48.2 Å². The highest BCUT2D eigenvalue weighted by Crippen LogP contribution is 2.23. The summed E-state index contributed by atoms with van der Waals surface area (Å²) in [7, 11) is 1.66. The van der Waals surface area contributed by atoms with E-state index < -0.39 is 0 Å². The Morgan fingerprint density at radius 3 is 2.17 bits per heavy atom. The summed E-state index contributed by atoms with van der Waals surface area (Å²) in [6.07, 6.45) is 6.24. The van der Waals surface area contributed by atoms with Gasteiger partial charge in [0.15, 0.2) is 0 Å². The lowest BCUT2D eigenvalue weighted by molar-refractivity contribution is 0.238. The van der Waals surface area contributed by atoms with Crippen molar-refractivity contribution in [2.45, 2.75) is 12.8 Å². The van der Waals surface area contributed by atoms with E-state index in [1.165, 1.54) is 25.9 Å². The van der Waals surface area contributed by atoms with Crippen LogP contribution in [-0.2, 0) is 0 Å². The van der Waals surface area contributed by atoms with Gasteiger partial charge in [0.25, 0.3) is 0 Å². The van der Waals surface area contributed by atoms with Gasteiger partial charge in [-0.2, -0.15) is 0 Å². The van der Waals surface area contributed by atoms with Gasteiger partial charge >= 0.3 is 0 Å². The lowest BCUT2D eigenvalue weighted by Crippen LogP contribution is -2.25. The van der Waals surface area contributed by atoms with Crippen molar-refractivity contribution < 1.29 is 9.47 Å². The summed E-state index contributed by atoms with van der Waals surface area (Å²) < 4.78 is 11.0. The molecular formula is C23H26N4O2. The summed E-state index contributed by atoms with van der Waals surface area (Å²) in [5, 5.41) is 3.22. The third kappa shape index (κ3) is 5.23. The first-order valence-corrected chi connectivity index (χ1v) is 9.99. The Bertz CT molecular complexity index is 890. The van der Waals surface area contributed by atoms with E-state index in [1.807, 2.05) is 60.9 Å². The predicted molar refractivity (Wildman–Crippen MR) is 115 cm³/mol. The summed E-state index contributed by atoms with van der Waals surface area (Å²) >= 11 is 0. The first-order valence-electron chi connectivity index (χ1n) is 9.99. The second-order valence-electron chi connectivity index (χ2n) is 7.07. The fourth-order valence-electron chi connectivity index (χ4n) is 3.39. The van der Waals surface area contributed by atoms with Crippen molar-refractivity contribution in [2.75, 3.05) is 38.7 Å². The minimum Gasteiger partial charge on any atom is -0.497 e. The average molecular weight is 390 g/mol. The van der Waals surface area contributed by atoms with Crippen LogP contribution in [0.5, 0.6) is 11.5 Å². The maximum atomic E-state index is 5.84. The molecule has 2 aromatic carbocycles. The molecule has 1 aromatic heterocycles. The van der Waals surface area contributed by atoms with Crippen molar-refractivity contribution in [1.82, 2.24) is 14.9 Å². The molecule has 0 bridgehead atoms. The van der Waals surface area contributed by atoms with Gasteiger partial charge in [-0.05, 0) is 67.9 Å². The van der Waals surface area contributed by atoms with Crippen LogP contribution in [0.2, 0.25) is 0 Å². The summed E-state index contributed by atoms with van der Waals surface area (Å²) in [4.78, 5) is 11.3. The molecule has 0 atom stereocenters. The summed E-state index contributed by atoms with van der Waals surface area (Å²) in [6.45, 7) is 4.12. The molecule has 6 heteroatoms. The van der Waals surface area contributed by atoms with Crippen LogP contribution in [0.4, 0.5) is 11.6 Å². The van der Waals surface area contributed by atoms with Gasteiger partial charge in [-0.1, -0.05) is 12.1 Å². The van der Waals surface area contributed by atoms with E-state index in [-0.39, 0.29) is 0 Å². The van der Waals surface area contributed by atoms with Gasteiger partial charge in [-0.15, -0.1) is 0 Å². The van der Waals surface area contributed by atoms with E-state index in [1.54, 1.807) is 7.11 Å². The maximum absolute atomic E-state index is 5.84. The van der Waals surface area contributed by atoms with Crippen LogP contribution < -0.4 is 14.8 Å². The summed E-state index contributed by atoms with van der Waals surface area (Å²) in [5.74, 6) is 2.27. The van der Waals surface area contributed by atoms with Gasteiger partial charge < -0.3 is 14.8 Å². The second kappa shape index (κ2) is 9.39. The molecule has 0 spiro atoms. The zero-order valence-electron chi connectivity index (χ0n) is 16.7. The monoisotopic (exact) mass is 390 g/mol. The van der Waals surface area contributed by atoms with Crippen molar-refractivity contribution >= 4 is 11.6 Å². The molecule has 150 valence electrons. The molecule has 0 amide bonds. The molecule has 29 heavy (non-hydrogen) atoms. The molecule has 3 aromatic rings. The molecular weight excluding hydrogens is 364 g/mol. The highest BCUT2D eigenvalue weighted by molar-refractivity contribution is 5.63. The van der Waals surface area contributed by atoms with Crippen molar-refractivity contribution in [2.24, 2.45) is 0 Å². The largest absolute Gasteiger partial charge is 0.497 e. The molecule has 2 heterocycles. The summed E-state index contributed by atoms with van der Waals surface area (Å²) in [6, 6.07) is 15.7. The van der Waals surface area contributed by atoms with Crippen molar-refractivity contribution in [3.63, 3.8) is 0 Å². The Balaban J connectivity index is 1.30. The van der Waals surface area contributed by atoms with Gasteiger partial charge in [0.1, 0.15) is 18.1 Å². The van der Waals surface area contributed by atoms with E-state index >= 15 is 0 Å². The smallest absolute Gasteiger partial charge is 0.227 e. The third-order valence-corrected chi connectivity index (χ3v) is 5.06. The van der Waals surface area contributed by atoms with Crippen LogP contribution in [0, 0.1) is 0 Å². The van der Waals surface area contributed by atoms with Gasteiger partial charge in [-0.3, -0.25) is 4.90 Å². The number of nitrogens with one attached hydrogen (secondary N) is 1. The molecule has 0 saturated carbocycles. The molecule has 1 fully saturated rings. The fraction of sp³-hybridized carbons (Fsp3) is 0.304. The second-order valence-corrected chi connectivity index (χ2v) is 7.07. The van der Waals surface area contributed by atoms with Crippen LogP contribution in [0.1, 0.15) is 12.8 Å². The number of aromatic nitrogens is 2. The number of benzene rings is 2. The standard InChI is InChI=1S/C23H26N4O2/c1-28-21-8-4-18(5-9-21)19-16-24-23(25-17-19)26-20-6-10-22(11-7-20)29-15-14-27-12-2-3-13-27/h4-11,16-17H,2-3,12-15H2,1H3,(H,24,25,26). The molecule has 0 unspecified atom stereocenters. The predicted octanol–water partition coefficient (Wildman–Crippen LogP) is 4.37. The van der Waals surface area contributed by atoms with Crippen LogP contribution in [0.3, 0.4) is 0 Å². The zero-order valence-corrected chi connectivity index (χ0v) is 16.7. The minimum atomic E-state index is 0.560. The molecule has 6 nitrogen and oxygen atoms in total. The van der Waals surface area contributed by atoms with Crippen LogP contribution in [0.25, 0.3) is 11.1 Å². The fourth-order valence-corrected chi connectivity index (χ4v) is 3.39. The Labute approximate surface area is 171 Å². The van der Waals surface area contributed by atoms with Crippen molar-refractivity contribution in [3.8, 4) is 22.6 Å².